The Labute approximate surface area is 132 Å². The molecule has 0 N–H and O–H groups in total. The zero-order chi connectivity index (χ0) is 15.5. The van der Waals surface area contributed by atoms with Crippen LogP contribution in [-0.2, 0) is 9.31 Å². The molecule has 0 spiro atoms. The summed E-state index contributed by atoms with van der Waals surface area (Å²) in [7, 11) is -0.280. The first kappa shape index (κ1) is 14.3. The monoisotopic (exact) mass is 297 g/mol. The van der Waals surface area contributed by atoms with Gasteiger partial charge in [0.05, 0.1) is 11.2 Å². The van der Waals surface area contributed by atoms with Crippen LogP contribution in [0.5, 0.6) is 0 Å². The molecule has 1 saturated heterocycles. The summed E-state index contributed by atoms with van der Waals surface area (Å²) in [6.45, 7) is 8.46. The predicted octanol–water partition coefficient (Wildman–Crippen LogP) is 3.67. The highest BCUT2D eigenvalue weighted by Gasteiger charge is 2.53. The van der Waals surface area contributed by atoms with Crippen molar-refractivity contribution in [3.05, 3.63) is 30.3 Å². The molecular weight excluding hydrogens is 273 g/mol. The standard InChI is InChI=1S/C18H24BNO2/c1-17(2)18(3,4)22-19(21-17)16-12-13-8-5-6-11-15(13)20(16)14-9-7-10-14/h5-6,8,11-12,14H,7,9-10H2,1-4H3. The molecule has 22 heavy (non-hydrogen) atoms. The molecule has 0 radical (unpaired) electrons. The molecule has 1 aliphatic carbocycles. The van der Waals surface area contributed by atoms with Crippen LogP contribution in [0.2, 0.25) is 0 Å². The minimum Gasteiger partial charge on any atom is -0.398 e. The van der Waals surface area contributed by atoms with Crippen molar-refractivity contribution in [2.75, 3.05) is 0 Å². The van der Waals surface area contributed by atoms with Gasteiger partial charge in [0, 0.05) is 17.2 Å². The molecule has 1 aromatic heterocycles. The number of fused-ring (bicyclic) bond motifs is 1. The van der Waals surface area contributed by atoms with Crippen molar-refractivity contribution in [1.29, 1.82) is 0 Å². The smallest absolute Gasteiger partial charge is 0.398 e. The number of para-hydroxylation sites is 1. The van der Waals surface area contributed by atoms with E-state index >= 15 is 0 Å². The molecule has 0 amide bonds. The lowest BCUT2D eigenvalue weighted by Crippen LogP contribution is -2.41. The van der Waals surface area contributed by atoms with Crippen LogP contribution in [-0.4, -0.2) is 22.9 Å². The van der Waals surface area contributed by atoms with Gasteiger partial charge in [-0.3, -0.25) is 0 Å². The van der Waals surface area contributed by atoms with Crippen molar-refractivity contribution < 1.29 is 9.31 Å². The fourth-order valence-corrected chi connectivity index (χ4v) is 3.39. The van der Waals surface area contributed by atoms with Crippen LogP contribution in [0.1, 0.15) is 53.0 Å². The van der Waals surface area contributed by atoms with Gasteiger partial charge in [0.25, 0.3) is 0 Å². The summed E-state index contributed by atoms with van der Waals surface area (Å²) >= 11 is 0. The number of nitrogens with zero attached hydrogens (tertiary/aromatic N) is 1. The molecule has 2 fully saturated rings. The summed E-state index contributed by atoms with van der Waals surface area (Å²) in [5.41, 5.74) is 1.89. The first-order valence-electron chi connectivity index (χ1n) is 8.34. The zero-order valence-electron chi connectivity index (χ0n) is 13.9. The van der Waals surface area contributed by atoms with E-state index in [0.717, 1.165) is 0 Å². The van der Waals surface area contributed by atoms with Gasteiger partial charge < -0.3 is 13.9 Å². The maximum atomic E-state index is 6.30. The van der Waals surface area contributed by atoms with Gasteiger partial charge in [0.15, 0.2) is 0 Å². The summed E-state index contributed by atoms with van der Waals surface area (Å²) in [6, 6.07) is 11.4. The Morgan fingerprint density at radius 1 is 1.05 bits per heavy atom. The van der Waals surface area contributed by atoms with Crippen molar-refractivity contribution >= 4 is 23.6 Å². The average molecular weight is 297 g/mol. The SMILES string of the molecule is CC1(C)OB(c2cc3ccccc3n2C2CCC2)OC1(C)C. The van der Waals surface area contributed by atoms with Gasteiger partial charge in [0.1, 0.15) is 0 Å². The molecule has 2 heterocycles. The third kappa shape index (κ3) is 1.97. The third-order valence-electron chi connectivity index (χ3n) is 5.71. The lowest BCUT2D eigenvalue weighted by molar-refractivity contribution is 0.00578. The van der Waals surface area contributed by atoms with Crippen LogP contribution in [0, 0.1) is 0 Å². The maximum Gasteiger partial charge on any atom is 0.512 e. The minimum absolute atomic E-state index is 0.280. The van der Waals surface area contributed by atoms with Crippen LogP contribution in [0.3, 0.4) is 0 Å². The van der Waals surface area contributed by atoms with Gasteiger partial charge >= 0.3 is 7.12 Å². The number of hydrogen-bond acceptors (Lipinski definition) is 2. The summed E-state index contributed by atoms with van der Waals surface area (Å²) < 4.78 is 15.1. The first-order valence-corrected chi connectivity index (χ1v) is 8.34. The highest BCUT2D eigenvalue weighted by molar-refractivity contribution is 6.62. The number of rotatable bonds is 2. The Kier molecular flexibility index (Phi) is 3.01. The number of benzene rings is 1. The third-order valence-corrected chi connectivity index (χ3v) is 5.71. The molecule has 3 nitrogen and oxygen atoms in total. The van der Waals surface area contributed by atoms with Crippen LogP contribution in [0.4, 0.5) is 0 Å². The van der Waals surface area contributed by atoms with Crippen molar-refractivity contribution in [1.82, 2.24) is 4.57 Å². The lowest BCUT2D eigenvalue weighted by atomic mass is 9.82. The summed E-state index contributed by atoms with van der Waals surface area (Å²) in [5, 5.41) is 1.28. The van der Waals surface area contributed by atoms with Gasteiger partial charge in [0.2, 0.25) is 0 Å². The van der Waals surface area contributed by atoms with E-state index in [0.29, 0.717) is 6.04 Å². The molecule has 1 saturated carbocycles. The molecule has 116 valence electrons. The molecular formula is C18H24BNO2. The fourth-order valence-electron chi connectivity index (χ4n) is 3.39. The highest BCUT2D eigenvalue weighted by atomic mass is 16.7. The molecule has 0 atom stereocenters. The zero-order valence-corrected chi connectivity index (χ0v) is 13.9. The first-order chi connectivity index (χ1) is 10.4. The van der Waals surface area contributed by atoms with E-state index in [1.54, 1.807) is 0 Å². The Hall–Kier alpha value is -1.26. The second-order valence-corrected chi connectivity index (χ2v) is 7.67. The minimum atomic E-state index is -0.293. The number of hydrogen-bond donors (Lipinski definition) is 0. The lowest BCUT2D eigenvalue weighted by Gasteiger charge is -2.32. The Bertz CT molecular complexity index is 699. The van der Waals surface area contributed by atoms with Gasteiger partial charge in [-0.1, -0.05) is 18.2 Å². The number of aromatic nitrogens is 1. The topological polar surface area (TPSA) is 23.4 Å². The summed E-state index contributed by atoms with van der Waals surface area (Å²) in [5.74, 6) is 0. The molecule has 4 rings (SSSR count). The van der Waals surface area contributed by atoms with Crippen molar-refractivity contribution in [3.63, 3.8) is 0 Å². The predicted molar refractivity (Wildman–Crippen MR) is 90.5 cm³/mol. The van der Waals surface area contributed by atoms with Gasteiger partial charge in [-0.15, -0.1) is 0 Å². The second kappa shape index (κ2) is 4.62. The van der Waals surface area contributed by atoms with Crippen molar-refractivity contribution in [3.8, 4) is 0 Å². The largest absolute Gasteiger partial charge is 0.512 e. The Morgan fingerprint density at radius 3 is 2.27 bits per heavy atom. The quantitative estimate of drug-likeness (QED) is 0.790. The highest BCUT2D eigenvalue weighted by Crippen LogP contribution is 2.39. The fraction of sp³-hybridized carbons (Fsp3) is 0.556. The van der Waals surface area contributed by atoms with E-state index in [9.17, 15) is 0 Å². The second-order valence-electron chi connectivity index (χ2n) is 7.67. The molecule has 0 unspecified atom stereocenters. The van der Waals surface area contributed by atoms with E-state index in [2.05, 4.69) is 62.6 Å². The maximum absolute atomic E-state index is 6.30. The van der Waals surface area contributed by atoms with Gasteiger partial charge in [-0.2, -0.15) is 0 Å². The van der Waals surface area contributed by atoms with E-state index in [1.165, 1.54) is 35.8 Å². The van der Waals surface area contributed by atoms with E-state index < -0.39 is 0 Å². The molecule has 2 aliphatic rings. The molecule has 4 heteroatoms. The molecule has 1 aliphatic heterocycles. The van der Waals surface area contributed by atoms with Gasteiger partial charge in [-0.25, -0.2) is 0 Å². The van der Waals surface area contributed by atoms with Crippen LogP contribution < -0.4 is 5.59 Å². The molecule has 2 aromatic rings. The average Bonchev–Trinajstić information content (AvgIpc) is 2.84. The summed E-state index contributed by atoms with van der Waals surface area (Å²) in [4.78, 5) is 0. The Morgan fingerprint density at radius 2 is 1.68 bits per heavy atom. The summed E-state index contributed by atoms with van der Waals surface area (Å²) in [6.07, 6.45) is 3.83. The van der Waals surface area contributed by atoms with E-state index in [-0.39, 0.29) is 18.3 Å². The van der Waals surface area contributed by atoms with Crippen LogP contribution >= 0.6 is 0 Å². The van der Waals surface area contributed by atoms with Crippen LogP contribution in [0.25, 0.3) is 10.9 Å². The molecule has 1 aromatic carbocycles. The van der Waals surface area contributed by atoms with Crippen LogP contribution in [0.15, 0.2) is 30.3 Å². The van der Waals surface area contributed by atoms with Crippen molar-refractivity contribution in [2.24, 2.45) is 0 Å². The van der Waals surface area contributed by atoms with Gasteiger partial charge in [-0.05, 0) is 64.5 Å². The van der Waals surface area contributed by atoms with Crippen molar-refractivity contribution in [2.45, 2.75) is 64.2 Å². The Balaban J connectivity index is 1.82. The van der Waals surface area contributed by atoms with E-state index in [1.807, 2.05) is 0 Å². The normalized spacial score (nSPS) is 23.9. The molecule has 0 bridgehead atoms. The van der Waals surface area contributed by atoms with E-state index in [4.69, 9.17) is 9.31 Å².